The van der Waals surface area contributed by atoms with Crippen molar-refractivity contribution in [1.82, 2.24) is 10.2 Å². The number of likely N-dealkylation sites (N-methyl/N-ethyl adjacent to an activating group) is 1. The van der Waals surface area contributed by atoms with Crippen LogP contribution in [0.1, 0.15) is 72.1 Å². The Hall–Kier alpha value is -1.48. The molecule has 8 nitrogen and oxygen atoms in total. The van der Waals surface area contributed by atoms with Crippen LogP contribution < -0.4 is 5.32 Å². The summed E-state index contributed by atoms with van der Waals surface area (Å²) in [4.78, 5) is 31.5. The number of amides is 1. The van der Waals surface area contributed by atoms with Crippen molar-refractivity contribution in [2.45, 2.75) is 72.1 Å². The largest absolute Gasteiger partial charge is 0.436 e. The highest BCUT2D eigenvalue weighted by Gasteiger charge is 2.59. The molecule has 3 saturated carbocycles. The van der Waals surface area contributed by atoms with Crippen molar-refractivity contribution in [3.63, 3.8) is 0 Å². The number of fused-ring (bicyclic) bond motifs is 5. The molecule has 4 aliphatic carbocycles. The molecule has 0 aromatic carbocycles. The molecule has 0 aliphatic heterocycles. The van der Waals surface area contributed by atoms with Crippen LogP contribution in [0, 0.1) is 34.5 Å². The fourth-order valence-electron chi connectivity index (χ4n) is 8.27. The van der Waals surface area contributed by atoms with Crippen molar-refractivity contribution in [2.24, 2.45) is 39.7 Å². The van der Waals surface area contributed by atoms with E-state index in [1.54, 1.807) is 0 Å². The third-order valence-corrected chi connectivity index (χ3v) is 10.2. The molecule has 0 bridgehead atoms. The molecule has 210 valence electrons. The summed E-state index contributed by atoms with van der Waals surface area (Å²) in [6.07, 6.45) is 9.39. The second kappa shape index (κ2) is 12.6. The van der Waals surface area contributed by atoms with E-state index in [2.05, 4.69) is 24.3 Å². The summed E-state index contributed by atoms with van der Waals surface area (Å²) in [7, 11) is 0. The number of rotatable bonds is 9. The van der Waals surface area contributed by atoms with E-state index in [1.165, 1.54) is 10.5 Å². The predicted octanol–water partition coefficient (Wildman–Crippen LogP) is 3.95. The minimum atomic E-state index is -0.595. The summed E-state index contributed by atoms with van der Waals surface area (Å²) in [5, 5.41) is 27.0. The number of nitrogens with zero attached hydrogens (tertiary/aromatic N) is 2. The van der Waals surface area contributed by atoms with E-state index in [1.807, 2.05) is 13.0 Å². The van der Waals surface area contributed by atoms with Crippen molar-refractivity contribution in [3.8, 4) is 0 Å². The summed E-state index contributed by atoms with van der Waals surface area (Å²) in [6.45, 7) is 8.38. The van der Waals surface area contributed by atoms with Crippen molar-refractivity contribution in [3.05, 3.63) is 11.6 Å². The zero-order valence-electron chi connectivity index (χ0n) is 22.7. The molecule has 0 radical (unpaired) electrons. The quantitative estimate of drug-likeness (QED) is 0.177. The number of hydrogen-bond donors (Lipinski definition) is 3. The van der Waals surface area contributed by atoms with Gasteiger partial charge in [0, 0.05) is 32.0 Å². The summed E-state index contributed by atoms with van der Waals surface area (Å²) >= 11 is 0. The zero-order chi connectivity index (χ0) is 25.9. The first-order valence-corrected chi connectivity index (χ1v) is 14.0. The van der Waals surface area contributed by atoms with Crippen LogP contribution in [-0.2, 0) is 9.63 Å². The van der Waals surface area contributed by atoms with Crippen LogP contribution in [0.15, 0.2) is 16.8 Å². The van der Waals surface area contributed by atoms with Crippen LogP contribution in [0.4, 0.5) is 4.79 Å². The SMILES string of the molecule is CCNCCN(CCO)C(=O)O/N=C(/CO)[C@H]1CC[C@H]2[C@@H]3CCC4=CC(=O)CC[C@]4(C)[C@H]3CC[C@]12C.Cl. The van der Waals surface area contributed by atoms with E-state index in [4.69, 9.17) is 4.84 Å². The molecule has 3 N–H and O–H groups in total. The number of carbonyl (C=O) groups is 2. The number of halogens is 1. The van der Waals surface area contributed by atoms with Gasteiger partial charge in [-0.15, -0.1) is 12.4 Å². The third-order valence-electron chi connectivity index (χ3n) is 10.2. The standard InChI is InChI=1S/C28H45N3O5.ClH/c1-4-29-13-14-31(15-16-32)26(35)36-30-25(18-33)24-8-7-22-21-6-5-19-17-20(34)9-11-27(19,2)23(21)10-12-28(22,24)3;/h17,21-24,29,32-33H,4-16,18H2,1-3H3;1H/b30-25-;/t21-,22-,23-,24+,27-,28-;/m0./s1. The molecular weight excluding hydrogens is 494 g/mol. The van der Waals surface area contributed by atoms with Gasteiger partial charge >= 0.3 is 6.09 Å². The van der Waals surface area contributed by atoms with Gasteiger partial charge in [0.05, 0.1) is 18.9 Å². The van der Waals surface area contributed by atoms with Gasteiger partial charge in [0.25, 0.3) is 0 Å². The number of aliphatic hydroxyl groups is 2. The number of hydrogen-bond acceptors (Lipinski definition) is 7. The van der Waals surface area contributed by atoms with Crippen LogP contribution in [0.25, 0.3) is 0 Å². The Morgan fingerprint density at radius 3 is 2.62 bits per heavy atom. The molecule has 1 amide bonds. The molecule has 0 saturated heterocycles. The van der Waals surface area contributed by atoms with Gasteiger partial charge in [-0.2, -0.15) is 0 Å². The summed E-state index contributed by atoms with van der Waals surface area (Å²) in [5.74, 6) is 2.17. The Morgan fingerprint density at radius 2 is 1.92 bits per heavy atom. The number of carbonyl (C=O) groups excluding carboxylic acids is 2. The lowest BCUT2D eigenvalue weighted by Crippen LogP contribution is -2.51. The Kier molecular flexibility index (Phi) is 10.2. The Bertz CT molecular complexity index is 895. The fourth-order valence-corrected chi connectivity index (χ4v) is 8.27. The average Bonchev–Trinajstić information content (AvgIpc) is 3.21. The van der Waals surface area contributed by atoms with Gasteiger partial charge in [-0.25, -0.2) is 4.79 Å². The number of ketones is 1. The number of oxime groups is 1. The van der Waals surface area contributed by atoms with Gasteiger partial charge in [0.15, 0.2) is 5.78 Å². The molecule has 4 rings (SSSR count). The monoisotopic (exact) mass is 539 g/mol. The zero-order valence-corrected chi connectivity index (χ0v) is 23.5. The Labute approximate surface area is 227 Å². The molecule has 0 aromatic heterocycles. The minimum absolute atomic E-state index is 0. The first-order valence-electron chi connectivity index (χ1n) is 14.0. The molecule has 6 atom stereocenters. The lowest BCUT2D eigenvalue weighted by molar-refractivity contribution is -0.117. The van der Waals surface area contributed by atoms with Crippen LogP contribution >= 0.6 is 12.4 Å². The van der Waals surface area contributed by atoms with E-state index in [0.29, 0.717) is 48.8 Å². The lowest BCUT2D eigenvalue weighted by atomic mass is 9.46. The smallest absolute Gasteiger partial charge is 0.395 e. The van der Waals surface area contributed by atoms with Crippen molar-refractivity contribution in [2.75, 3.05) is 39.4 Å². The molecule has 0 heterocycles. The van der Waals surface area contributed by atoms with E-state index < -0.39 is 6.09 Å². The van der Waals surface area contributed by atoms with E-state index in [-0.39, 0.29) is 48.9 Å². The van der Waals surface area contributed by atoms with Crippen LogP contribution in [0.5, 0.6) is 0 Å². The molecule has 0 spiro atoms. The molecule has 37 heavy (non-hydrogen) atoms. The number of allylic oxidation sites excluding steroid dienone is 1. The first kappa shape index (κ1) is 30.1. The van der Waals surface area contributed by atoms with Gasteiger partial charge < -0.3 is 20.4 Å². The predicted molar refractivity (Wildman–Crippen MR) is 146 cm³/mol. The molecule has 4 aliphatic rings. The van der Waals surface area contributed by atoms with Crippen molar-refractivity contribution < 1.29 is 24.6 Å². The maximum absolute atomic E-state index is 12.7. The normalized spacial score (nSPS) is 35.0. The Morgan fingerprint density at radius 1 is 1.14 bits per heavy atom. The average molecular weight is 540 g/mol. The molecular formula is C28H46ClN3O5. The highest BCUT2D eigenvalue weighted by molar-refractivity contribution is 5.91. The van der Waals surface area contributed by atoms with Gasteiger partial charge in [-0.05, 0) is 86.2 Å². The van der Waals surface area contributed by atoms with E-state index >= 15 is 0 Å². The number of nitrogens with one attached hydrogen (secondary N) is 1. The van der Waals surface area contributed by atoms with Crippen LogP contribution in [-0.4, -0.2) is 72.1 Å². The second-order valence-corrected chi connectivity index (χ2v) is 11.8. The highest BCUT2D eigenvalue weighted by atomic mass is 35.5. The van der Waals surface area contributed by atoms with E-state index in [9.17, 15) is 19.8 Å². The summed E-state index contributed by atoms with van der Waals surface area (Å²) in [5.41, 5.74) is 2.10. The van der Waals surface area contributed by atoms with Crippen molar-refractivity contribution in [1.29, 1.82) is 0 Å². The molecule has 0 unspecified atom stereocenters. The van der Waals surface area contributed by atoms with Gasteiger partial charge in [-0.3, -0.25) is 9.63 Å². The van der Waals surface area contributed by atoms with Crippen molar-refractivity contribution >= 4 is 30.0 Å². The van der Waals surface area contributed by atoms with Crippen LogP contribution in [0.2, 0.25) is 0 Å². The molecule has 3 fully saturated rings. The fraction of sp³-hybridized carbons (Fsp3) is 0.821. The topological polar surface area (TPSA) is 111 Å². The Balaban J connectivity index is 0.00000380. The lowest BCUT2D eigenvalue weighted by Gasteiger charge is -2.58. The van der Waals surface area contributed by atoms with E-state index in [0.717, 1.165) is 51.5 Å². The first-order chi connectivity index (χ1) is 17.3. The summed E-state index contributed by atoms with van der Waals surface area (Å²) in [6, 6.07) is 0. The van der Waals surface area contributed by atoms with Crippen LogP contribution in [0.3, 0.4) is 0 Å². The van der Waals surface area contributed by atoms with Gasteiger partial charge in [0.2, 0.25) is 0 Å². The highest BCUT2D eigenvalue weighted by Crippen LogP contribution is 2.66. The maximum atomic E-state index is 12.7. The third kappa shape index (κ3) is 5.77. The minimum Gasteiger partial charge on any atom is -0.395 e. The number of aliphatic hydroxyl groups excluding tert-OH is 2. The maximum Gasteiger partial charge on any atom is 0.436 e. The van der Waals surface area contributed by atoms with Gasteiger partial charge in [0.1, 0.15) is 0 Å². The molecule has 9 heteroatoms. The summed E-state index contributed by atoms with van der Waals surface area (Å²) < 4.78 is 0. The second-order valence-electron chi connectivity index (χ2n) is 11.8. The molecule has 0 aromatic rings. The van der Waals surface area contributed by atoms with Gasteiger partial charge in [-0.1, -0.05) is 31.5 Å².